The number of carbonyl (C=O) groups excluding carboxylic acids is 1. The summed E-state index contributed by atoms with van der Waals surface area (Å²) in [5, 5.41) is 0. The average molecular weight is 369 g/mol. The summed E-state index contributed by atoms with van der Waals surface area (Å²) in [7, 11) is 1.53. The number of benzene rings is 1. The zero-order valence-corrected chi connectivity index (χ0v) is 14.8. The predicted molar refractivity (Wildman–Crippen MR) is 99.1 cm³/mol. The van der Waals surface area contributed by atoms with E-state index in [2.05, 4.69) is 0 Å². The summed E-state index contributed by atoms with van der Waals surface area (Å²) in [6, 6.07) is 9.18. The van der Waals surface area contributed by atoms with Gasteiger partial charge in [-0.3, -0.25) is 14.4 Å². The van der Waals surface area contributed by atoms with Crippen molar-refractivity contribution in [1.29, 1.82) is 0 Å². The maximum absolute atomic E-state index is 12.9. The fourth-order valence-corrected chi connectivity index (χ4v) is 2.70. The Kier molecular flexibility index (Phi) is 5.37. The van der Waals surface area contributed by atoms with Gasteiger partial charge in [0, 0.05) is 32.2 Å². The molecular formula is C19H19N3O5. The Morgan fingerprint density at radius 1 is 1.15 bits per heavy atom. The first kappa shape index (κ1) is 18.4. The molecule has 2 heterocycles. The van der Waals surface area contributed by atoms with Crippen LogP contribution in [0, 0.1) is 0 Å². The van der Waals surface area contributed by atoms with Gasteiger partial charge in [-0.2, -0.15) is 0 Å². The normalized spacial score (nSPS) is 10.9. The topological polar surface area (TPSA) is 105 Å². The minimum absolute atomic E-state index is 0.0412. The Morgan fingerprint density at radius 3 is 2.56 bits per heavy atom. The van der Waals surface area contributed by atoms with Crippen molar-refractivity contribution in [2.45, 2.75) is 13.2 Å². The molecule has 27 heavy (non-hydrogen) atoms. The van der Waals surface area contributed by atoms with Gasteiger partial charge in [0.1, 0.15) is 12.2 Å². The minimum atomic E-state index is -0.887. The highest BCUT2D eigenvalue weighted by molar-refractivity contribution is 5.93. The number of methoxy groups -OCH3 is 1. The molecule has 0 radical (unpaired) electrons. The standard InChI is InChI=1S/C19H19N3O5/c1-26-10-9-21-7-8-22-11-14(18(20)24)16(23)17(15(22)19(21)25)27-12-13-5-3-2-4-6-13/h2-8,11H,9-10,12H2,1H3,(H2,20,24). The molecule has 1 amide bonds. The van der Waals surface area contributed by atoms with Crippen LogP contribution in [-0.2, 0) is 17.9 Å². The maximum Gasteiger partial charge on any atom is 0.278 e. The largest absolute Gasteiger partial charge is 0.483 e. The van der Waals surface area contributed by atoms with E-state index in [4.69, 9.17) is 15.2 Å². The van der Waals surface area contributed by atoms with Gasteiger partial charge in [-0.25, -0.2) is 0 Å². The molecule has 0 fully saturated rings. The van der Waals surface area contributed by atoms with Crippen LogP contribution in [0.1, 0.15) is 15.9 Å². The number of primary amides is 1. The zero-order valence-electron chi connectivity index (χ0n) is 14.8. The SMILES string of the molecule is COCCn1ccn2cc(C(N)=O)c(=O)c(OCc3ccccc3)c2c1=O. The molecule has 3 aromatic rings. The van der Waals surface area contributed by atoms with E-state index < -0.39 is 16.9 Å². The van der Waals surface area contributed by atoms with Gasteiger partial charge in [-0.1, -0.05) is 30.3 Å². The Labute approximate surface area is 154 Å². The van der Waals surface area contributed by atoms with Gasteiger partial charge in [-0.15, -0.1) is 0 Å². The molecule has 1 aromatic carbocycles. The van der Waals surface area contributed by atoms with Crippen LogP contribution in [0.15, 0.2) is 58.5 Å². The molecule has 0 bridgehead atoms. The van der Waals surface area contributed by atoms with E-state index in [-0.39, 0.29) is 23.4 Å². The number of nitrogens with two attached hydrogens (primary N) is 1. The van der Waals surface area contributed by atoms with Gasteiger partial charge in [0.2, 0.25) is 5.43 Å². The molecule has 0 aliphatic carbocycles. The van der Waals surface area contributed by atoms with Crippen LogP contribution < -0.4 is 21.5 Å². The van der Waals surface area contributed by atoms with Crippen molar-refractivity contribution in [3.05, 3.63) is 80.6 Å². The number of hydrogen-bond acceptors (Lipinski definition) is 5. The van der Waals surface area contributed by atoms with Crippen molar-refractivity contribution in [2.24, 2.45) is 5.73 Å². The number of pyridine rings is 1. The van der Waals surface area contributed by atoms with Crippen molar-refractivity contribution in [1.82, 2.24) is 8.97 Å². The molecule has 0 aliphatic heterocycles. The van der Waals surface area contributed by atoms with Gasteiger partial charge >= 0.3 is 0 Å². The third-order valence-corrected chi connectivity index (χ3v) is 4.09. The maximum atomic E-state index is 12.9. The number of aromatic nitrogens is 2. The van der Waals surface area contributed by atoms with Crippen LogP contribution in [0.5, 0.6) is 5.75 Å². The quantitative estimate of drug-likeness (QED) is 0.663. The van der Waals surface area contributed by atoms with E-state index in [1.807, 2.05) is 30.3 Å². The molecule has 0 spiro atoms. The molecule has 8 heteroatoms. The van der Waals surface area contributed by atoms with Crippen LogP contribution in [0.25, 0.3) is 5.52 Å². The highest BCUT2D eigenvalue weighted by atomic mass is 16.5. The third-order valence-electron chi connectivity index (χ3n) is 4.09. The second kappa shape index (κ2) is 7.88. The van der Waals surface area contributed by atoms with Gasteiger partial charge in [0.25, 0.3) is 11.5 Å². The van der Waals surface area contributed by atoms with E-state index >= 15 is 0 Å². The predicted octanol–water partition coefficient (Wildman–Crippen LogP) is 0.785. The Morgan fingerprint density at radius 2 is 1.89 bits per heavy atom. The highest BCUT2D eigenvalue weighted by Gasteiger charge is 2.19. The summed E-state index contributed by atoms with van der Waals surface area (Å²) in [6.07, 6.45) is 4.36. The number of ether oxygens (including phenoxy) is 2. The lowest BCUT2D eigenvalue weighted by atomic mass is 10.2. The molecule has 140 valence electrons. The minimum Gasteiger partial charge on any atom is -0.483 e. The lowest BCUT2D eigenvalue weighted by Crippen LogP contribution is -2.29. The van der Waals surface area contributed by atoms with E-state index in [9.17, 15) is 14.4 Å². The first-order valence-corrected chi connectivity index (χ1v) is 8.27. The first-order chi connectivity index (χ1) is 13.0. The van der Waals surface area contributed by atoms with Crippen molar-refractivity contribution >= 4 is 11.4 Å². The van der Waals surface area contributed by atoms with Crippen molar-refractivity contribution in [3.63, 3.8) is 0 Å². The second-order valence-corrected chi connectivity index (χ2v) is 5.88. The van der Waals surface area contributed by atoms with Crippen LogP contribution in [0.2, 0.25) is 0 Å². The van der Waals surface area contributed by atoms with Crippen molar-refractivity contribution in [3.8, 4) is 5.75 Å². The molecule has 0 saturated carbocycles. The van der Waals surface area contributed by atoms with Crippen LogP contribution in [0.3, 0.4) is 0 Å². The van der Waals surface area contributed by atoms with E-state index in [0.29, 0.717) is 13.2 Å². The summed E-state index contributed by atoms with van der Waals surface area (Å²) in [5.41, 5.74) is 4.78. The summed E-state index contributed by atoms with van der Waals surface area (Å²) in [5.74, 6) is -1.09. The van der Waals surface area contributed by atoms with Gasteiger partial charge in [-0.05, 0) is 5.56 Å². The van der Waals surface area contributed by atoms with Crippen LogP contribution in [0.4, 0.5) is 0 Å². The smallest absolute Gasteiger partial charge is 0.278 e. The Bertz CT molecular complexity index is 1090. The number of hydrogen-bond donors (Lipinski definition) is 1. The molecular weight excluding hydrogens is 350 g/mol. The second-order valence-electron chi connectivity index (χ2n) is 5.88. The monoisotopic (exact) mass is 369 g/mol. The van der Waals surface area contributed by atoms with E-state index in [0.717, 1.165) is 5.56 Å². The summed E-state index contributed by atoms with van der Waals surface area (Å²) >= 11 is 0. The molecule has 0 atom stereocenters. The van der Waals surface area contributed by atoms with Crippen molar-refractivity contribution in [2.75, 3.05) is 13.7 Å². The van der Waals surface area contributed by atoms with Gasteiger partial charge < -0.3 is 24.2 Å². The summed E-state index contributed by atoms with van der Waals surface area (Å²) in [6.45, 7) is 0.718. The molecule has 2 aromatic heterocycles. The van der Waals surface area contributed by atoms with Gasteiger partial charge in [0.15, 0.2) is 11.3 Å². The average Bonchev–Trinajstić information content (AvgIpc) is 2.67. The zero-order chi connectivity index (χ0) is 19.4. The molecule has 0 unspecified atom stereocenters. The molecule has 3 rings (SSSR count). The van der Waals surface area contributed by atoms with E-state index in [1.54, 1.807) is 12.4 Å². The number of fused-ring (bicyclic) bond motifs is 1. The number of nitrogens with zero attached hydrogens (tertiary/aromatic N) is 2. The summed E-state index contributed by atoms with van der Waals surface area (Å²) in [4.78, 5) is 37.2. The van der Waals surface area contributed by atoms with Crippen LogP contribution >= 0.6 is 0 Å². The lowest BCUT2D eigenvalue weighted by Gasteiger charge is -2.13. The van der Waals surface area contributed by atoms with Crippen LogP contribution in [-0.4, -0.2) is 28.6 Å². The molecule has 0 aliphatic rings. The molecule has 0 saturated heterocycles. The van der Waals surface area contributed by atoms with E-state index in [1.165, 1.54) is 22.3 Å². The fourth-order valence-electron chi connectivity index (χ4n) is 2.70. The first-order valence-electron chi connectivity index (χ1n) is 8.27. The molecule has 2 N–H and O–H groups in total. The number of carbonyl (C=O) groups is 1. The fraction of sp³-hybridized carbons (Fsp3) is 0.211. The lowest BCUT2D eigenvalue weighted by molar-refractivity contribution is 0.0998. The van der Waals surface area contributed by atoms with Gasteiger partial charge in [0.05, 0.1) is 6.61 Å². The molecule has 8 nitrogen and oxygen atoms in total. The third kappa shape index (κ3) is 3.75. The van der Waals surface area contributed by atoms with Crippen molar-refractivity contribution < 1.29 is 14.3 Å². The number of rotatable bonds is 7. The summed E-state index contributed by atoms with van der Waals surface area (Å²) < 4.78 is 13.5. The number of amides is 1. The highest BCUT2D eigenvalue weighted by Crippen LogP contribution is 2.15. The Hall–Kier alpha value is -3.39. The Balaban J connectivity index is 2.16.